The van der Waals surface area contributed by atoms with Crippen LogP contribution in [0.4, 0.5) is 5.69 Å². The molecular weight excluding hydrogens is 406 g/mol. The molecule has 29 heavy (non-hydrogen) atoms. The summed E-state index contributed by atoms with van der Waals surface area (Å²) in [5.41, 5.74) is 0.232. The molecule has 13 heteroatoms. The number of carbonyl (C=O) groups excluding carboxylic acids is 2. The molecule has 2 aromatic heterocycles. The molecule has 0 fully saturated rings. The van der Waals surface area contributed by atoms with Gasteiger partial charge in [0.15, 0.2) is 5.82 Å². The van der Waals surface area contributed by atoms with Crippen LogP contribution in [0.5, 0.6) is 0 Å². The van der Waals surface area contributed by atoms with E-state index in [-0.39, 0.29) is 42.9 Å². The number of benzene rings is 1. The molecule has 0 saturated carbocycles. The average Bonchev–Trinajstić information content (AvgIpc) is 3.35. The second-order valence-corrected chi connectivity index (χ2v) is 6.13. The van der Waals surface area contributed by atoms with Gasteiger partial charge in [0.05, 0.1) is 4.92 Å². The molecule has 2 N–H and O–H groups in total. The Morgan fingerprint density at radius 2 is 2.00 bits per heavy atom. The number of rotatable bonds is 8. The number of aromatic nitrogens is 4. The van der Waals surface area contributed by atoms with Crippen molar-refractivity contribution in [2.24, 2.45) is 0 Å². The van der Waals surface area contributed by atoms with Gasteiger partial charge in [0.25, 0.3) is 5.91 Å². The lowest BCUT2D eigenvalue weighted by Crippen LogP contribution is -2.34. The minimum atomic E-state index is -0.618. The van der Waals surface area contributed by atoms with E-state index in [2.05, 4.69) is 25.9 Å². The highest BCUT2D eigenvalue weighted by Crippen LogP contribution is 2.10. The Labute approximate surface area is 168 Å². The van der Waals surface area contributed by atoms with E-state index < -0.39 is 10.8 Å². The maximum Gasteiger partial charge on any atom is 0.316 e. The van der Waals surface area contributed by atoms with Crippen molar-refractivity contribution in [2.45, 2.75) is 6.54 Å². The molecule has 0 aliphatic rings. The Kier molecular flexibility index (Phi) is 6.14. The molecule has 0 aliphatic heterocycles. The zero-order valence-corrected chi connectivity index (χ0v) is 15.5. The zero-order valence-electron chi connectivity index (χ0n) is 14.7. The van der Waals surface area contributed by atoms with Crippen LogP contribution in [-0.4, -0.2) is 49.7 Å². The van der Waals surface area contributed by atoms with Gasteiger partial charge in [0, 0.05) is 23.7 Å². The van der Waals surface area contributed by atoms with Crippen LogP contribution in [-0.2, 0) is 6.54 Å². The summed E-state index contributed by atoms with van der Waals surface area (Å²) in [6.45, 7) is 0.309. The number of nitrogens with zero attached hydrogens (tertiary/aromatic N) is 5. The van der Waals surface area contributed by atoms with Gasteiger partial charge < -0.3 is 15.2 Å². The van der Waals surface area contributed by atoms with E-state index in [4.69, 9.17) is 16.1 Å². The number of amides is 2. The van der Waals surface area contributed by atoms with Crippen molar-refractivity contribution in [2.75, 3.05) is 13.1 Å². The van der Waals surface area contributed by atoms with E-state index >= 15 is 0 Å². The van der Waals surface area contributed by atoms with Crippen molar-refractivity contribution in [1.82, 2.24) is 30.6 Å². The Hall–Kier alpha value is -3.80. The van der Waals surface area contributed by atoms with Gasteiger partial charge in [-0.05, 0) is 18.2 Å². The van der Waals surface area contributed by atoms with E-state index in [1.165, 1.54) is 16.9 Å². The lowest BCUT2D eigenvalue weighted by molar-refractivity contribution is -0.385. The van der Waals surface area contributed by atoms with Crippen LogP contribution in [0.25, 0.3) is 0 Å². The van der Waals surface area contributed by atoms with Crippen molar-refractivity contribution >= 4 is 29.1 Å². The van der Waals surface area contributed by atoms with Crippen LogP contribution in [0.3, 0.4) is 0 Å². The largest absolute Gasteiger partial charge is 0.350 e. The van der Waals surface area contributed by atoms with E-state index in [9.17, 15) is 19.7 Å². The average molecular weight is 420 g/mol. The van der Waals surface area contributed by atoms with Gasteiger partial charge >= 0.3 is 17.5 Å². The molecule has 3 aromatic rings. The first-order valence-electron chi connectivity index (χ1n) is 8.24. The molecule has 1 aromatic carbocycles. The smallest absolute Gasteiger partial charge is 0.316 e. The molecule has 2 amide bonds. The Morgan fingerprint density at radius 3 is 2.69 bits per heavy atom. The van der Waals surface area contributed by atoms with Crippen LogP contribution < -0.4 is 10.6 Å². The summed E-state index contributed by atoms with van der Waals surface area (Å²) in [5.74, 6) is -1.09. The molecule has 0 aliphatic carbocycles. The minimum absolute atomic E-state index is 0.000310. The molecule has 12 nitrogen and oxygen atoms in total. The molecular formula is C16H14ClN7O5. The molecule has 150 valence electrons. The highest BCUT2D eigenvalue weighted by molar-refractivity contribution is 6.30. The second kappa shape index (κ2) is 8.93. The summed E-state index contributed by atoms with van der Waals surface area (Å²) < 4.78 is 6.11. The van der Waals surface area contributed by atoms with Crippen LogP contribution >= 0.6 is 11.6 Å². The number of nitrogens with one attached hydrogen (secondary N) is 2. The fraction of sp³-hybridized carbons (Fsp3) is 0.188. The SMILES string of the molecule is O=C(NCCNC(=O)c1nc(Cn2cc([N+](=O)[O-])cn2)no1)c1cccc(Cl)c1. The zero-order chi connectivity index (χ0) is 20.8. The molecule has 0 radical (unpaired) electrons. The van der Waals surface area contributed by atoms with E-state index in [0.29, 0.717) is 10.6 Å². The maximum absolute atomic E-state index is 12.0. The molecule has 0 atom stereocenters. The van der Waals surface area contributed by atoms with E-state index in [1.54, 1.807) is 18.2 Å². The first-order valence-corrected chi connectivity index (χ1v) is 8.61. The number of hydrogen-bond acceptors (Lipinski definition) is 8. The highest BCUT2D eigenvalue weighted by Gasteiger charge is 2.16. The van der Waals surface area contributed by atoms with Gasteiger partial charge in [-0.15, -0.1) is 0 Å². The molecule has 2 heterocycles. The fourth-order valence-electron chi connectivity index (χ4n) is 2.25. The second-order valence-electron chi connectivity index (χ2n) is 5.69. The van der Waals surface area contributed by atoms with Crippen molar-refractivity contribution in [1.29, 1.82) is 0 Å². The van der Waals surface area contributed by atoms with Gasteiger partial charge in [-0.1, -0.05) is 22.8 Å². The van der Waals surface area contributed by atoms with Gasteiger partial charge in [-0.25, -0.2) is 0 Å². The summed E-state index contributed by atoms with van der Waals surface area (Å²) in [6, 6.07) is 6.47. The highest BCUT2D eigenvalue weighted by atomic mass is 35.5. The lowest BCUT2D eigenvalue weighted by Gasteiger charge is -2.06. The van der Waals surface area contributed by atoms with Crippen LogP contribution in [0, 0.1) is 10.1 Å². The molecule has 0 spiro atoms. The maximum atomic E-state index is 12.0. The third kappa shape index (κ3) is 5.35. The fourth-order valence-corrected chi connectivity index (χ4v) is 2.44. The van der Waals surface area contributed by atoms with Crippen LogP contribution in [0.1, 0.15) is 26.9 Å². The predicted molar refractivity (Wildman–Crippen MR) is 98.4 cm³/mol. The third-order valence-electron chi connectivity index (χ3n) is 3.58. The first kappa shape index (κ1) is 19.9. The van der Waals surface area contributed by atoms with Crippen molar-refractivity contribution < 1.29 is 19.0 Å². The lowest BCUT2D eigenvalue weighted by atomic mass is 10.2. The monoisotopic (exact) mass is 419 g/mol. The van der Waals surface area contributed by atoms with Gasteiger partial charge in [-0.2, -0.15) is 10.1 Å². The van der Waals surface area contributed by atoms with Crippen LogP contribution in [0.2, 0.25) is 5.02 Å². The standard InChI is InChI=1S/C16H14ClN7O5/c17-11-3-1-2-10(6-11)14(25)18-4-5-19-15(26)16-21-13(22-29-16)9-23-8-12(7-20-23)24(27)28/h1-3,6-8H,4-5,9H2,(H,18,25)(H,19,26). The Morgan fingerprint density at radius 1 is 1.24 bits per heavy atom. The van der Waals surface area contributed by atoms with Gasteiger partial charge in [0.1, 0.15) is 18.9 Å². The van der Waals surface area contributed by atoms with Gasteiger partial charge in [0.2, 0.25) is 0 Å². The summed E-state index contributed by atoms with van der Waals surface area (Å²) in [7, 11) is 0. The molecule has 0 unspecified atom stereocenters. The molecule has 3 rings (SSSR count). The molecule has 0 bridgehead atoms. The normalized spacial score (nSPS) is 10.5. The van der Waals surface area contributed by atoms with Crippen LogP contribution in [0.15, 0.2) is 41.2 Å². The topological polar surface area (TPSA) is 158 Å². The van der Waals surface area contributed by atoms with Crippen molar-refractivity contribution in [3.63, 3.8) is 0 Å². The minimum Gasteiger partial charge on any atom is -0.350 e. The summed E-state index contributed by atoms with van der Waals surface area (Å²) in [5, 5.41) is 23.7. The molecule has 0 saturated heterocycles. The van der Waals surface area contributed by atoms with E-state index in [0.717, 1.165) is 6.20 Å². The Bertz CT molecular complexity index is 1050. The van der Waals surface area contributed by atoms with Gasteiger partial charge in [-0.3, -0.25) is 24.4 Å². The summed E-state index contributed by atoms with van der Waals surface area (Å²) in [4.78, 5) is 37.9. The summed E-state index contributed by atoms with van der Waals surface area (Å²) in [6.07, 6.45) is 2.30. The quantitative estimate of drug-likeness (QED) is 0.311. The number of halogens is 1. The Balaban J connectivity index is 1.45. The third-order valence-corrected chi connectivity index (χ3v) is 3.81. The first-order chi connectivity index (χ1) is 13.9. The number of carbonyl (C=O) groups is 2. The number of hydrogen-bond donors (Lipinski definition) is 2. The number of nitro groups is 1. The van der Waals surface area contributed by atoms with Crippen molar-refractivity contribution in [3.8, 4) is 0 Å². The summed E-state index contributed by atoms with van der Waals surface area (Å²) >= 11 is 5.83. The van der Waals surface area contributed by atoms with Crippen molar-refractivity contribution in [3.05, 3.63) is 69.1 Å². The van der Waals surface area contributed by atoms with E-state index in [1.807, 2.05) is 0 Å². The predicted octanol–water partition coefficient (Wildman–Crippen LogP) is 1.04.